The van der Waals surface area contributed by atoms with Crippen LogP contribution in [0.4, 0.5) is 21.9 Å². The molecular formula is C39H33N6O3S. The fraction of sp³-hybridized carbons (Fsp3) is 0.154. The van der Waals surface area contributed by atoms with Crippen molar-refractivity contribution in [3.8, 4) is 22.5 Å². The molecule has 5 aromatic carbocycles. The van der Waals surface area contributed by atoms with Crippen molar-refractivity contribution in [2.75, 3.05) is 24.1 Å². The molecule has 0 unspecified atom stereocenters. The SMILES string of the molecule is Nc1ccc(S(=O)(=O)c2ccc3nc(-c4ccccc4)c(-c4ccc(CN5CCC(c6ccc7c(c6)[N]C(=O)N7)CC5)cc4)nc3c2)cc1. The summed E-state index contributed by atoms with van der Waals surface area (Å²) in [6, 6.07) is 35.2. The summed E-state index contributed by atoms with van der Waals surface area (Å²) in [4.78, 5) is 24.4. The Morgan fingerprint density at radius 3 is 2.14 bits per heavy atom. The third-order valence-electron chi connectivity index (χ3n) is 9.36. The van der Waals surface area contributed by atoms with Crippen molar-refractivity contribution in [2.45, 2.75) is 35.1 Å². The van der Waals surface area contributed by atoms with Crippen LogP contribution in [0.2, 0.25) is 0 Å². The smallest absolute Gasteiger partial charge is 0.346 e. The number of fused-ring (bicyclic) bond motifs is 2. The molecule has 10 heteroatoms. The first kappa shape index (κ1) is 30.7. The number of nitrogens with two attached hydrogens (primary N) is 1. The fourth-order valence-electron chi connectivity index (χ4n) is 6.69. The van der Waals surface area contributed by atoms with Gasteiger partial charge in [-0.05, 0) is 97.6 Å². The quantitative estimate of drug-likeness (QED) is 0.168. The van der Waals surface area contributed by atoms with Gasteiger partial charge >= 0.3 is 6.03 Å². The number of nitrogens with one attached hydrogen (secondary N) is 1. The Labute approximate surface area is 284 Å². The molecule has 0 bridgehead atoms. The standard InChI is InChI=1S/C39H33N6O3S/c40-30-11-13-31(14-12-30)49(47,48)32-15-17-33-36(23-32)42-38(37(41-33)27-4-2-1-3-5-27)28-8-6-25(7-9-28)24-45-20-18-26(19-21-45)29-10-16-34-35(22-29)44-39(46)43-34/h1-17,22-23,26H,18-21,24,40H2,(H,43,46). The maximum atomic E-state index is 13.5. The maximum absolute atomic E-state index is 13.5. The van der Waals surface area contributed by atoms with Crippen molar-refractivity contribution in [1.82, 2.24) is 20.2 Å². The van der Waals surface area contributed by atoms with Crippen molar-refractivity contribution in [1.29, 1.82) is 0 Å². The van der Waals surface area contributed by atoms with E-state index in [2.05, 4.69) is 45.9 Å². The second-order valence-corrected chi connectivity index (χ2v) is 14.5. The maximum Gasteiger partial charge on any atom is 0.346 e. The number of hydrogen-bond donors (Lipinski definition) is 2. The largest absolute Gasteiger partial charge is 0.399 e. The van der Waals surface area contributed by atoms with Crippen molar-refractivity contribution in [3.63, 3.8) is 0 Å². The molecule has 0 atom stereocenters. The van der Waals surface area contributed by atoms with E-state index < -0.39 is 9.84 Å². The molecule has 8 rings (SSSR count). The minimum atomic E-state index is -3.78. The minimum Gasteiger partial charge on any atom is -0.399 e. The molecule has 1 aromatic heterocycles. The van der Waals surface area contributed by atoms with E-state index in [9.17, 15) is 13.2 Å². The zero-order valence-corrected chi connectivity index (χ0v) is 27.4. The average molecular weight is 666 g/mol. The second-order valence-electron chi connectivity index (χ2n) is 12.6. The van der Waals surface area contributed by atoms with Crippen LogP contribution in [-0.2, 0) is 16.4 Å². The molecule has 243 valence electrons. The van der Waals surface area contributed by atoms with Crippen molar-refractivity contribution >= 4 is 44.0 Å². The minimum absolute atomic E-state index is 0.148. The van der Waals surface area contributed by atoms with Crippen molar-refractivity contribution < 1.29 is 13.2 Å². The van der Waals surface area contributed by atoms with Gasteiger partial charge in [0.1, 0.15) is 0 Å². The number of hydrogen-bond acceptors (Lipinski definition) is 7. The van der Waals surface area contributed by atoms with Crippen molar-refractivity contribution in [3.05, 3.63) is 126 Å². The van der Waals surface area contributed by atoms with Gasteiger partial charge in [0.15, 0.2) is 0 Å². The molecule has 3 heterocycles. The zero-order chi connectivity index (χ0) is 33.5. The molecule has 2 aliphatic heterocycles. The number of nitrogen functional groups attached to an aromatic ring is 1. The van der Waals surface area contributed by atoms with E-state index in [1.54, 1.807) is 30.3 Å². The van der Waals surface area contributed by atoms with Gasteiger partial charge in [0.25, 0.3) is 0 Å². The number of aromatic nitrogens is 2. The zero-order valence-electron chi connectivity index (χ0n) is 26.6. The summed E-state index contributed by atoms with van der Waals surface area (Å²) in [5.41, 5.74) is 14.6. The number of sulfone groups is 1. The third kappa shape index (κ3) is 6.12. The van der Waals surface area contributed by atoms with Crippen LogP contribution in [0, 0.1) is 0 Å². The first-order valence-electron chi connectivity index (χ1n) is 16.3. The predicted octanol–water partition coefficient (Wildman–Crippen LogP) is 7.54. The van der Waals surface area contributed by atoms with Crippen LogP contribution >= 0.6 is 0 Å². The summed E-state index contributed by atoms with van der Waals surface area (Å²) >= 11 is 0. The van der Waals surface area contributed by atoms with Gasteiger partial charge in [0.2, 0.25) is 9.84 Å². The Morgan fingerprint density at radius 2 is 1.41 bits per heavy atom. The van der Waals surface area contributed by atoms with Gasteiger partial charge in [-0.1, -0.05) is 60.7 Å². The van der Waals surface area contributed by atoms with E-state index in [-0.39, 0.29) is 15.8 Å². The molecule has 2 amide bonds. The average Bonchev–Trinajstić information content (AvgIpc) is 3.51. The number of carbonyl (C=O) groups excluding carboxylic acids is 1. The van der Waals surface area contributed by atoms with Gasteiger partial charge in [0, 0.05) is 23.4 Å². The molecule has 0 saturated carbocycles. The molecular weight excluding hydrogens is 633 g/mol. The topological polar surface area (TPSA) is 132 Å². The highest BCUT2D eigenvalue weighted by molar-refractivity contribution is 7.91. The van der Waals surface area contributed by atoms with Crippen LogP contribution in [0.15, 0.2) is 125 Å². The van der Waals surface area contributed by atoms with Crippen molar-refractivity contribution in [2.24, 2.45) is 0 Å². The Balaban J connectivity index is 1.04. The molecule has 1 saturated heterocycles. The normalized spacial score (nSPS) is 15.1. The Kier molecular flexibility index (Phi) is 7.82. The highest BCUT2D eigenvalue weighted by atomic mass is 32.2. The van der Waals surface area contributed by atoms with E-state index in [1.807, 2.05) is 42.5 Å². The van der Waals surface area contributed by atoms with Gasteiger partial charge in [-0.15, -0.1) is 0 Å². The molecule has 9 nitrogen and oxygen atoms in total. The Morgan fingerprint density at radius 1 is 0.735 bits per heavy atom. The number of nitrogens with zero attached hydrogens (tertiary/aromatic N) is 4. The number of amides is 2. The summed E-state index contributed by atoms with van der Waals surface area (Å²) in [6.07, 6.45) is 2.09. The predicted molar refractivity (Wildman–Crippen MR) is 191 cm³/mol. The molecule has 1 fully saturated rings. The number of urea groups is 1. The summed E-state index contributed by atoms with van der Waals surface area (Å²) < 4.78 is 26.9. The third-order valence-corrected chi connectivity index (χ3v) is 11.1. The first-order valence-corrected chi connectivity index (χ1v) is 17.7. The van der Waals surface area contributed by atoms with Crippen LogP contribution in [0.3, 0.4) is 0 Å². The monoisotopic (exact) mass is 665 g/mol. The van der Waals surface area contributed by atoms with Crippen LogP contribution < -0.4 is 16.4 Å². The highest BCUT2D eigenvalue weighted by Gasteiger charge is 2.25. The molecule has 49 heavy (non-hydrogen) atoms. The van der Waals surface area contributed by atoms with Gasteiger partial charge in [-0.3, -0.25) is 4.90 Å². The fourth-order valence-corrected chi connectivity index (χ4v) is 7.97. The highest BCUT2D eigenvalue weighted by Crippen LogP contribution is 2.36. The van der Waals surface area contributed by atoms with E-state index >= 15 is 0 Å². The van der Waals surface area contributed by atoms with Crippen LogP contribution in [0.25, 0.3) is 33.5 Å². The molecule has 2 aliphatic rings. The number of carbonyl (C=O) groups is 1. The van der Waals surface area contributed by atoms with E-state index in [0.717, 1.165) is 60.7 Å². The molecule has 0 spiro atoms. The molecule has 0 aliphatic carbocycles. The van der Waals surface area contributed by atoms with Gasteiger partial charge in [-0.2, -0.15) is 5.32 Å². The van der Waals surface area contributed by atoms with Crippen LogP contribution in [-0.4, -0.2) is 42.4 Å². The molecule has 3 N–H and O–H groups in total. The number of likely N-dealkylation sites (tertiary alicyclic amines) is 1. The Hall–Kier alpha value is -5.58. The lowest BCUT2D eigenvalue weighted by Gasteiger charge is -2.32. The van der Waals surface area contributed by atoms with E-state index in [4.69, 9.17) is 15.7 Å². The van der Waals surface area contributed by atoms with Crippen LogP contribution in [0.5, 0.6) is 0 Å². The lowest BCUT2D eigenvalue weighted by atomic mass is 9.89. The first-order chi connectivity index (χ1) is 23.8. The summed E-state index contributed by atoms with van der Waals surface area (Å²) in [5.74, 6) is 0.444. The summed E-state index contributed by atoms with van der Waals surface area (Å²) in [7, 11) is -3.78. The van der Waals surface area contributed by atoms with Gasteiger partial charge in [-0.25, -0.2) is 23.2 Å². The number of anilines is 2. The van der Waals surface area contributed by atoms with E-state index in [1.165, 1.54) is 23.3 Å². The summed E-state index contributed by atoms with van der Waals surface area (Å²) in [5, 5.41) is 6.84. The van der Waals surface area contributed by atoms with Gasteiger partial charge < -0.3 is 11.1 Å². The molecule has 6 aromatic rings. The summed E-state index contributed by atoms with van der Waals surface area (Å²) in [6.45, 7) is 2.80. The van der Waals surface area contributed by atoms with E-state index in [0.29, 0.717) is 28.3 Å². The van der Waals surface area contributed by atoms with Gasteiger partial charge in [0.05, 0.1) is 43.6 Å². The number of rotatable bonds is 7. The van der Waals surface area contributed by atoms with Crippen LogP contribution in [0.1, 0.15) is 29.9 Å². The molecule has 1 radical (unpaired) electrons. The number of benzene rings is 5. The number of piperidine rings is 1. The second kappa shape index (κ2) is 12.5. The Bertz CT molecular complexity index is 2300. The lowest BCUT2D eigenvalue weighted by molar-refractivity contribution is 0.204. The lowest BCUT2D eigenvalue weighted by Crippen LogP contribution is -2.32.